The normalized spacial score (nSPS) is 19.0. The first-order valence-corrected chi connectivity index (χ1v) is 13.2. The van der Waals surface area contributed by atoms with Gasteiger partial charge < -0.3 is 24.7 Å². The Hall–Kier alpha value is -5.20. The zero-order valence-electron chi connectivity index (χ0n) is 23.4. The fourth-order valence-corrected chi connectivity index (χ4v) is 4.20. The Morgan fingerprint density at radius 2 is 1.28 bits per heavy atom. The maximum Gasteiger partial charge on any atom is 0.338 e. The quantitative estimate of drug-likeness (QED) is 0.228. The molecule has 0 aliphatic carbocycles. The van der Waals surface area contributed by atoms with Gasteiger partial charge in [0.15, 0.2) is 24.2 Å². The highest BCUT2D eigenvalue weighted by Gasteiger charge is 2.51. The zero-order chi connectivity index (χ0) is 30.8. The largest absolute Gasteiger partial charge is 0.452 e. The van der Waals surface area contributed by atoms with Crippen molar-refractivity contribution in [1.29, 1.82) is 0 Å². The van der Waals surface area contributed by atoms with E-state index in [0.29, 0.717) is 11.1 Å². The number of nitrogens with zero attached hydrogens (tertiary/aromatic N) is 3. The number of hydrogen-bond acceptors (Lipinski definition) is 10. The van der Waals surface area contributed by atoms with Gasteiger partial charge in [-0.15, -0.1) is 5.10 Å². The Kier molecular flexibility index (Phi) is 10.5. The van der Waals surface area contributed by atoms with E-state index in [1.807, 2.05) is 30.3 Å². The lowest BCUT2D eigenvalue weighted by atomic mass is 10.1. The fraction of sp³-hybridized carbons (Fsp3) is 0.226. The highest BCUT2D eigenvalue weighted by Crippen LogP contribution is 2.34. The third-order valence-electron chi connectivity index (χ3n) is 6.29. The zero-order valence-corrected chi connectivity index (χ0v) is 23.4. The number of carbonyl (C=O) groups excluding carboxylic acids is 4. The summed E-state index contributed by atoms with van der Waals surface area (Å²) in [4.78, 5) is 51.7. The van der Waals surface area contributed by atoms with Crippen molar-refractivity contribution in [1.82, 2.24) is 14.8 Å². The number of nitrogens with two attached hydrogens (primary N) is 1. The Bertz CT molecular complexity index is 1530. The molecule has 4 aromatic rings. The van der Waals surface area contributed by atoms with E-state index in [1.54, 1.807) is 67.6 Å². The number of amides is 1. The van der Waals surface area contributed by atoms with Gasteiger partial charge in [-0.2, -0.15) is 0 Å². The van der Waals surface area contributed by atoms with E-state index in [-0.39, 0.29) is 18.2 Å². The summed E-state index contributed by atoms with van der Waals surface area (Å²) in [6.07, 6.45) is -2.84. The van der Waals surface area contributed by atoms with Crippen LogP contribution in [0.25, 0.3) is 0 Å². The minimum Gasteiger partial charge on any atom is -0.452 e. The van der Waals surface area contributed by atoms with Gasteiger partial charge in [-0.1, -0.05) is 66.7 Å². The van der Waals surface area contributed by atoms with Crippen LogP contribution in [0.15, 0.2) is 97.3 Å². The molecule has 0 saturated carbocycles. The first-order chi connectivity index (χ1) is 20.8. The molecule has 0 bridgehead atoms. The highest BCUT2D eigenvalue weighted by atomic mass is 16.7. The molecule has 1 aliphatic rings. The van der Waals surface area contributed by atoms with Crippen molar-refractivity contribution in [3.8, 4) is 0 Å². The summed E-state index contributed by atoms with van der Waals surface area (Å²) in [5.74, 6) is -2.25. The predicted octanol–water partition coefficient (Wildman–Crippen LogP) is 3.26. The number of carbonyl (C=O) groups is 4. The van der Waals surface area contributed by atoms with Crippen LogP contribution in [-0.4, -0.2) is 70.4 Å². The minimum absolute atomic E-state index is 0.0278. The second-order valence-corrected chi connectivity index (χ2v) is 9.33. The van der Waals surface area contributed by atoms with Crippen molar-refractivity contribution < 1.29 is 38.1 Å². The molecule has 3 aromatic carbocycles. The van der Waals surface area contributed by atoms with Crippen LogP contribution in [0.5, 0.6) is 0 Å². The lowest BCUT2D eigenvalue weighted by Crippen LogP contribution is -2.41. The van der Waals surface area contributed by atoms with Crippen molar-refractivity contribution in [3.05, 3.63) is 120 Å². The Morgan fingerprint density at radius 3 is 1.70 bits per heavy atom. The van der Waals surface area contributed by atoms with Crippen LogP contribution < -0.4 is 5.73 Å². The average molecular weight is 587 g/mol. The van der Waals surface area contributed by atoms with Crippen molar-refractivity contribution in [2.75, 3.05) is 13.7 Å². The summed E-state index contributed by atoms with van der Waals surface area (Å²) in [6, 6.07) is 25.9. The average Bonchev–Trinajstić information content (AvgIpc) is 3.65. The van der Waals surface area contributed by atoms with Crippen LogP contribution in [0.1, 0.15) is 54.8 Å². The fourth-order valence-electron chi connectivity index (χ4n) is 4.20. The summed E-state index contributed by atoms with van der Waals surface area (Å²) >= 11 is 0. The van der Waals surface area contributed by atoms with E-state index < -0.39 is 42.4 Å². The maximum absolute atomic E-state index is 12.9. The van der Waals surface area contributed by atoms with Gasteiger partial charge >= 0.3 is 11.9 Å². The minimum atomic E-state index is -1.14. The standard InChI is InChI=1S/C23H22N4O7.C8H8O/c1-31-12-16-17(33-22(29)14-8-4-2-5-9-14)18(34-23(30)15-10-6-3-7-11-15)21(32-16)27-13-25-20(26-27)19(24)28;1-7(9)8-5-3-2-4-6-8/h2-11,13,16-18,21H,12H2,1H3,(H2,24,28);2-6H,1H3/t16-,17-,18-,21-;/m1./s1. The molecule has 1 aliphatic heterocycles. The monoisotopic (exact) mass is 586 g/mol. The summed E-state index contributed by atoms with van der Waals surface area (Å²) < 4.78 is 23.9. The molecule has 0 spiro atoms. The SMILES string of the molecule is CC(=O)c1ccccc1.COC[C@H]1O[C@@H](n2cnc(C(N)=O)n2)[C@H](OC(=O)c2ccccc2)[C@@H]1OC(=O)c1ccccc1. The van der Waals surface area contributed by atoms with Crippen LogP contribution >= 0.6 is 0 Å². The number of rotatable bonds is 9. The van der Waals surface area contributed by atoms with Crippen LogP contribution in [0, 0.1) is 0 Å². The topological polar surface area (TPSA) is 162 Å². The summed E-state index contributed by atoms with van der Waals surface area (Å²) in [5.41, 5.74) is 6.64. The molecule has 12 heteroatoms. The number of aromatic nitrogens is 3. The lowest BCUT2D eigenvalue weighted by molar-refractivity contribution is -0.0689. The van der Waals surface area contributed by atoms with Crippen LogP contribution in [0.4, 0.5) is 0 Å². The van der Waals surface area contributed by atoms with E-state index in [1.165, 1.54) is 18.1 Å². The van der Waals surface area contributed by atoms with Crippen LogP contribution in [0.2, 0.25) is 0 Å². The Morgan fingerprint density at radius 1 is 0.791 bits per heavy atom. The number of primary amides is 1. The smallest absolute Gasteiger partial charge is 0.338 e. The molecule has 222 valence electrons. The van der Waals surface area contributed by atoms with Gasteiger partial charge in [0.25, 0.3) is 5.91 Å². The molecule has 4 atom stereocenters. The molecular formula is C31H30N4O8. The third kappa shape index (κ3) is 7.97. The number of methoxy groups -OCH3 is 1. The van der Waals surface area contributed by atoms with Crippen molar-refractivity contribution >= 4 is 23.6 Å². The summed E-state index contributed by atoms with van der Waals surface area (Å²) in [7, 11) is 1.46. The molecule has 1 fully saturated rings. The molecule has 1 amide bonds. The van der Waals surface area contributed by atoms with Crippen LogP contribution in [-0.2, 0) is 18.9 Å². The molecule has 5 rings (SSSR count). The van der Waals surface area contributed by atoms with Gasteiger partial charge in [0.1, 0.15) is 12.4 Å². The molecule has 1 aromatic heterocycles. The second kappa shape index (κ2) is 14.6. The molecule has 1 saturated heterocycles. The Balaban J connectivity index is 0.000000403. The predicted molar refractivity (Wildman–Crippen MR) is 152 cm³/mol. The molecule has 12 nitrogen and oxygen atoms in total. The maximum atomic E-state index is 12.9. The van der Waals surface area contributed by atoms with Crippen LogP contribution in [0.3, 0.4) is 0 Å². The van der Waals surface area contributed by atoms with Crippen molar-refractivity contribution in [2.45, 2.75) is 31.5 Å². The van der Waals surface area contributed by atoms with Crippen molar-refractivity contribution in [2.24, 2.45) is 5.73 Å². The number of Topliss-reactive ketones (excluding diaryl/α,β-unsaturated/α-hetero) is 1. The first kappa shape index (κ1) is 30.8. The Labute approximate surface area is 247 Å². The highest BCUT2D eigenvalue weighted by molar-refractivity contribution is 5.94. The molecule has 2 heterocycles. The van der Waals surface area contributed by atoms with E-state index >= 15 is 0 Å². The van der Waals surface area contributed by atoms with Gasteiger partial charge in [0.05, 0.1) is 17.7 Å². The molecule has 0 radical (unpaired) electrons. The summed E-state index contributed by atoms with van der Waals surface area (Å²) in [6.45, 7) is 1.59. The summed E-state index contributed by atoms with van der Waals surface area (Å²) in [5, 5.41) is 4.02. The number of benzene rings is 3. The number of hydrogen-bond donors (Lipinski definition) is 1. The molecular weight excluding hydrogens is 556 g/mol. The third-order valence-corrected chi connectivity index (χ3v) is 6.29. The van der Waals surface area contributed by atoms with Gasteiger partial charge in [-0.25, -0.2) is 19.3 Å². The van der Waals surface area contributed by atoms with Gasteiger partial charge in [-0.3, -0.25) is 9.59 Å². The number of ketones is 1. The lowest BCUT2D eigenvalue weighted by Gasteiger charge is -2.24. The van der Waals surface area contributed by atoms with Gasteiger partial charge in [0.2, 0.25) is 5.82 Å². The molecule has 2 N–H and O–H groups in total. The first-order valence-electron chi connectivity index (χ1n) is 13.2. The molecule has 0 unspecified atom stereocenters. The van der Waals surface area contributed by atoms with Gasteiger partial charge in [-0.05, 0) is 31.2 Å². The van der Waals surface area contributed by atoms with Crippen molar-refractivity contribution in [3.63, 3.8) is 0 Å². The number of ether oxygens (including phenoxy) is 4. The van der Waals surface area contributed by atoms with Gasteiger partial charge in [0, 0.05) is 12.7 Å². The van der Waals surface area contributed by atoms with E-state index in [4.69, 9.17) is 24.7 Å². The van der Waals surface area contributed by atoms with E-state index in [2.05, 4.69) is 10.1 Å². The van der Waals surface area contributed by atoms with E-state index in [0.717, 1.165) is 5.56 Å². The number of esters is 2. The van der Waals surface area contributed by atoms with E-state index in [9.17, 15) is 19.2 Å². The molecule has 43 heavy (non-hydrogen) atoms. The second-order valence-electron chi connectivity index (χ2n) is 9.33.